The van der Waals surface area contributed by atoms with Gasteiger partial charge in [-0.05, 0) is 66.2 Å². The van der Waals surface area contributed by atoms with E-state index in [0.717, 1.165) is 5.39 Å². The summed E-state index contributed by atoms with van der Waals surface area (Å²) >= 11 is 0. The van der Waals surface area contributed by atoms with Crippen molar-refractivity contribution < 1.29 is 19.1 Å². The molecule has 5 nitrogen and oxygen atoms in total. The number of hydrogen-bond donors (Lipinski definition) is 0. The van der Waals surface area contributed by atoms with Gasteiger partial charge in [-0.25, -0.2) is 0 Å². The molecule has 0 saturated heterocycles. The first-order valence-corrected chi connectivity index (χ1v) is 14.3. The van der Waals surface area contributed by atoms with Crippen molar-refractivity contribution >= 4 is 28.4 Å². The van der Waals surface area contributed by atoms with Crippen molar-refractivity contribution in [3.63, 3.8) is 0 Å². The number of ketones is 1. The molecule has 0 unspecified atom stereocenters. The molecule has 2 aromatic carbocycles. The Morgan fingerprint density at radius 2 is 1.27 bits per heavy atom. The second kappa shape index (κ2) is 10.7. The van der Waals surface area contributed by atoms with E-state index in [9.17, 15) is 14.4 Å². The Hall–Kier alpha value is -2.53. The van der Waals surface area contributed by atoms with Crippen LogP contribution in [0.25, 0.3) is 10.8 Å². The van der Waals surface area contributed by atoms with Crippen LogP contribution in [-0.2, 0) is 9.53 Å². The van der Waals surface area contributed by atoms with Gasteiger partial charge in [-0.1, -0.05) is 71.4 Å². The summed E-state index contributed by atoms with van der Waals surface area (Å²) < 4.78 is 5.58. The summed E-state index contributed by atoms with van der Waals surface area (Å²) in [5.41, 5.74) is 3.48. The third kappa shape index (κ3) is 5.12. The van der Waals surface area contributed by atoms with E-state index in [1.807, 2.05) is 32.9 Å². The van der Waals surface area contributed by atoms with Gasteiger partial charge in [0, 0.05) is 21.9 Å². The van der Waals surface area contributed by atoms with Crippen LogP contribution in [0, 0.1) is 5.41 Å². The van der Waals surface area contributed by atoms with E-state index in [2.05, 4.69) is 12.1 Å². The number of carbonyl (C=O) groups excluding carboxylic acids is 3. The summed E-state index contributed by atoms with van der Waals surface area (Å²) in [6.45, 7) is 5.86. The van der Waals surface area contributed by atoms with Gasteiger partial charge in [-0.3, -0.25) is 19.3 Å². The smallest absolute Gasteiger partial charge is 0.261 e. The van der Waals surface area contributed by atoms with Crippen molar-refractivity contribution in [2.24, 2.45) is 5.41 Å². The van der Waals surface area contributed by atoms with Gasteiger partial charge in [0.15, 0.2) is 5.78 Å². The Bertz CT molecular complexity index is 1120. The van der Waals surface area contributed by atoms with Crippen LogP contribution in [-0.4, -0.2) is 42.3 Å². The largest absolute Gasteiger partial charge is 0.372 e. The van der Waals surface area contributed by atoms with Crippen LogP contribution >= 0.6 is 0 Å². The zero-order valence-corrected chi connectivity index (χ0v) is 22.7. The van der Waals surface area contributed by atoms with E-state index in [0.29, 0.717) is 23.0 Å². The lowest BCUT2D eigenvalue weighted by atomic mass is 9.75. The highest BCUT2D eigenvalue weighted by atomic mass is 16.5. The van der Waals surface area contributed by atoms with Gasteiger partial charge >= 0.3 is 0 Å². The molecule has 2 aromatic rings. The number of rotatable bonds is 7. The molecule has 1 heterocycles. The highest BCUT2D eigenvalue weighted by Crippen LogP contribution is 2.45. The Balaban J connectivity index is 1.49. The van der Waals surface area contributed by atoms with Crippen molar-refractivity contribution in [3.8, 4) is 0 Å². The molecule has 2 amide bonds. The Labute approximate surface area is 220 Å². The summed E-state index contributed by atoms with van der Waals surface area (Å²) in [4.78, 5) is 40.8. The molecule has 0 radical (unpaired) electrons. The SMILES string of the molecule is CC(C)(C)C(=O)COCCN1C(=O)c2ccc(C3CCCCC3)c3c(C4CCCCC4)ccc(c23)C1=O. The van der Waals surface area contributed by atoms with E-state index >= 15 is 0 Å². The van der Waals surface area contributed by atoms with Crippen molar-refractivity contribution in [1.82, 2.24) is 4.90 Å². The number of benzene rings is 2. The maximum Gasteiger partial charge on any atom is 0.261 e. The highest BCUT2D eigenvalue weighted by molar-refractivity contribution is 6.26. The number of hydrogen-bond acceptors (Lipinski definition) is 4. The fraction of sp³-hybridized carbons (Fsp3) is 0.594. The van der Waals surface area contributed by atoms with E-state index < -0.39 is 5.41 Å². The van der Waals surface area contributed by atoms with Crippen LogP contribution in [0.2, 0.25) is 0 Å². The molecule has 5 rings (SSSR count). The molecule has 3 aliphatic rings. The molecular formula is C32H41NO4. The molecule has 2 aliphatic carbocycles. The monoisotopic (exact) mass is 503 g/mol. The third-order valence-electron chi connectivity index (χ3n) is 8.80. The Morgan fingerprint density at radius 1 is 0.784 bits per heavy atom. The topological polar surface area (TPSA) is 63.7 Å². The first-order valence-electron chi connectivity index (χ1n) is 14.3. The maximum absolute atomic E-state index is 13.7. The summed E-state index contributed by atoms with van der Waals surface area (Å²) in [6.07, 6.45) is 12.3. The van der Waals surface area contributed by atoms with Crippen molar-refractivity contribution in [2.75, 3.05) is 19.8 Å². The van der Waals surface area contributed by atoms with Crippen LogP contribution in [0.1, 0.15) is 129 Å². The molecule has 1 aliphatic heterocycles. The van der Waals surface area contributed by atoms with Gasteiger partial charge in [-0.15, -0.1) is 0 Å². The molecular weight excluding hydrogens is 462 g/mol. The van der Waals surface area contributed by atoms with Crippen molar-refractivity contribution in [1.29, 1.82) is 0 Å². The molecule has 0 aromatic heterocycles. The molecule has 0 N–H and O–H groups in total. The summed E-state index contributed by atoms with van der Waals surface area (Å²) in [5.74, 6) is 0.507. The minimum absolute atomic E-state index is 0.00407. The molecule has 0 spiro atoms. The predicted molar refractivity (Wildman–Crippen MR) is 146 cm³/mol. The summed E-state index contributed by atoms with van der Waals surface area (Å²) in [5, 5.41) is 2.07. The number of amides is 2. The predicted octanol–water partition coefficient (Wildman–Crippen LogP) is 7.16. The lowest BCUT2D eigenvalue weighted by Crippen LogP contribution is -2.42. The number of Topliss-reactive ketones (excluding diaryl/α,β-unsaturated/α-hetero) is 1. The zero-order chi connectivity index (χ0) is 26.2. The van der Waals surface area contributed by atoms with Gasteiger partial charge in [-0.2, -0.15) is 0 Å². The lowest BCUT2D eigenvalue weighted by molar-refractivity contribution is -0.131. The van der Waals surface area contributed by atoms with Gasteiger partial charge in [0.2, 0.25) is 0 Å². The normalized spacial score (nSPS) is 19.6. The second-order valence-corrected chi connectivity index (χ2v) is 12.3. The highest BCUT2D eigenvalue weighted by Gasteiger charge is 2.36. The van der Waals surface area contributed by atoms with E-state index in [1.54, 1.807) is 0 Å². The van der Waals surface area contributed by atoms with E-state index in [-0.39, 0.29) is 37.4 Å². The quantitative estimate of drug-likeness (QED) is 0.297. The molecule has 2 saturated carbocycles. The fourth-order valence-corrected chi connectivity index (χ4v) is 6.54. The molecule has 0 bridgehead atoms. The van der Waals surface area contributed by atoms with Crippen molar-refractivity contribution in [2.45, 2.75) is 96.8 Å². The van der Waals surface area contributed by atoms with E-state index in [1.165, 1.54) is 85.6 Å². The summed E-state index contributed by atoms with van der Waals surface area (Å²) in [7, 11) is 0. The first-order chi connectivity index (χ1) is 17.8. The van der Waals surface area contributed by atoms with Crippen LogP contribution in [0.15, 0.2) is 24.3 Å². The van der Waals surface area contributed by atoms with Gasteiger partial charge < -0.3 is 4.74 Å². The maximum atomic E-state index is 13.7. The average Bonchev–Trinajstić information content (AvgIpc) is 2.91. The number of ether oxygens (including phenoxy) is 1. The fourth-order valence-electron chi connectivity index (χ4n) is 6.54. The molecule has 0 atom stereocenters. The Morgan fingerprint density at radius 3 is 1.73 bits per heavy atom. The van der Waals surface area contributed by atoms with Gasteiger partial charge in [0.25, 0.3) is 11.8 Å². The van der Waals surface area contributed by atoms with Crippen LogP contribution < -0.4 is 0 Å². The van der Waals surface area contributed by atoms with Crippen LogP contribution in [0.5, 0.6) is 0 Å². The number of imide groups is 1. The minimum atomic E-state index is -0.475. The lowest BCUT2D eigenvalue weighted by Gasteiger charge is -2.32. The van der Waals surface area contributed by atoms with Crippen molar-refractivity contribution in [3.05, 3.63) is 46.5 Å². The zero-order valence-electron chi connectivity index (χ0n) is 22.7. The molecule has 37 heavy (non-hydrogen) atoms. The first kappa shape index (κ1) is 26.1. The molecule has 5 heteroatoms. The summed E-state index contributed by atoms with van der Waals surface area (Å²) in [6, 6.07) is 8.31. The third-order valence-corrected chi connectivity index (χ3v) is 8.80. The number of carbonyl (C=O) groups is 3. The second-order valence-electron chi connectivity index (χ2n) is 12.3. The van der Waals surface area contributed by atoms with Crippen LogP contribution in [0.3, 0.4) is 0 Å². The molecule has 198 valence electrons. The Kier molecular flexibility index (Phi) is 7.53. The van der Waals surface area contributed by atoms with E-state index in [4.69, 9.17) is 4.74 Å². The minimum Gasteiger partial charge on any atom is -0.372 e. The van der Waals surface area contributed by atoms with Gasteiger partial charge in [0.05, 0.1) is 13.2 Å². The number of nitrogens with zero attached hydrogens (tertiary/aromatic N) is 1. The molecule has 2 fully saturated rings. The van der Waals surface area contributed by atoms with Crippen LogP contribution in [0.4, 0.5) is 0 Å². The standard InChI is InChI=1S/C32H41NO4/c1-32(2,3)27(34)20-37-19-18-33-30(35)25-16-14-23(21-10-6-4-7-11-21)28-24(22-12-8-5-9-13-22)15-17-26(29(25)28)31(33)36/h14-17,21-22H,4-13,18-20H2,1-3H3. The van der Waals surface area contributed by atoms with Gasteiger partial charge in [0.1, 0.15) is 6.61 Å². The average molecular weight is 504 g/mol.